The molecule has 18 heavy (non-hydrogen) atoms. The van der Waals surface area contributed by atoms with Gasteiger partial charge in [-0.15, -0.1) is 6.42 Å². The summed E-state index contributed by atoms with van der Waals surface area (Å²) in [4.78, 5) is 25.2. The molecule has 100 valence electrons. The topological polar surface area (TPSA) is 46.6 Å². The minimum absolute atomic E-state index is 0.0470. The summed E-state index contributed by atoms with van der Waals surface area (Å²) in [6.45, 7) is 6.56. The molecule has 1 fully saturated rings. The van der Waals surface area contributed by atoms with Gasteiger partial charge < -0.3 is 9.64 Å². The van der Waals surface area contributed by atoms with Crippen LogP contribution in [0.25, 0.3) is 0 Å². The number of hydrogen-bond acceptors (Lipinski definition) is 3. The lowest BCUT2D eigenvalue weighted by Crippen LogP contribution is -2.44. The Kier molecular flexibility index (Phi) is 4.77. The number of rotatable bonds is 2. The summed E-state index contributed by atoms with van der Waals surface area (Å²) in [7, 11) is 0. The van der Waals surface area contributed by atoms with Gasteiger partial charge in [-0.25, -0.2) is 4.79 Å². The molecule has 0 saturated carbocycles. The summed E-state index contributed by atoms with van der Waals surface area (Å²) in [5.41, 5.74) is -0.507. The number of ether oxygens (including phenoxy) is 1. The first-order valence-corrected chi connectivity index (χ1v) is 6.27. The molecule has 0 aromatic heterocycles. The molecule has 0 aromatic rings. The molecule has 1 rings (SSSR count). The van der Waals surface area contributed by atoms with E-state index in [1.807, 2.05) is 20.8 Å². The maximum Gasteiger partial charge on any atom is 0.410 e. The van der Waals surface area contributed by atoms with E-state index in [9.17, 15) is 9.59 Å². The summed E-state index contributed by atoms with van der Waals surface area (Å²) in [5, 5.41) is 0. The summed E-state index contributed by atoms with van der Waals surface area (Å²) in [6, 6.07) is 0. The fraction of sp³-hybridized carbons (Fsp3) is 0.714. The van der Waals surface area contributed by atoms with Crippen LogP contribution >= 0.6 is 0 Å². The first-order valence-electron chi connectivity index (χ1n) is 6.27. The number of likely N-dealkylation sites (tertiary alicyclic amines) is 1. The van der Waals surface area contributed by atoms with Crippen LogP contribution in [0, 0.1) is 18.3 Å². The van der Waals surface area contributed by atoms with Gasteiger partial charge in [-0.1, -0.05) is 5.92 Å². The molecule has 0 aliphatic carbocycles. The van der Waals surface area contributed by atoms with Crippen LogP contribution in [0.2, 0.25) is 0 Å². The number of piperidine rings is 1. The van der Waals surface area contributed by atoms with Gasteiger partial charge in [0, 0.05) is 19.0 Å². The highest BCUT2D eigenvalue weighted by Crippen LogP contribution is 2.20. The van der Waals surface area contributed by atoms with Crippen molar-refractivity contribution in [2.75, 3.05) is 13.1 Å². The molecule has 1 aliphatic rings. The number of nitrogens with zero attached hydrogens (tertiary/aromatic N) is 1. The Labute approximate surface area is 109 Å². The van der Waals surface area contributed by atoms with E-state index in [0.29, 0.717) is 13.1 Å². The molecule has 0 aromatic carbocycles. The standard InChI is InChI=1S/C14H21NO3/c1-5-7-12(16)11-8-6-9-15(10-11)13(17)18-14(2,3)4/h1,11H,6-10H2,2-4H3/t11-/m0/s1. The number of carbonyl (C=O) groups excluding carboxylic acids is 2. The van der Waals surface area contributed by atoms with Crippen LogP contribution in [0.4, 0.5) is 4.79 Å². The Bertz CT molecular complexity index is 362. The normalized spacial score (nSPS) is 20.1. The molecule has 1 aliphatic heterocycles. The second-order valence-electron chi connectivity index (χ2n) is 5.61. The molecule has 1 heterocycles. The van der Waals surface area contributed by atoms with E-state index in [4.69, 9.17) is 11.2 Å². The van der Waals surface area contributed by atoms with E-state index in [-0.39, 0.29) is 24.2 Å². The Hall–Kier alpha value is -1.50. The van der Waals surface area contributed by atoms with Crippen molar-refractivity contribution in [3.8, 4) is 12.3 Å². The third-order valence-electron chi connectivity index (χ3n) is 2.80. The van der Waals surface area contributed by atoms with E-state index >= 15 is 0 Å². The highest BCUT2D eigenvalue weighted by Gasteiger charge is 2.30. The second-order valence-corrected chi connectivity index (χ2v) is 5.61. The molecule has 1 atom stereocenters. The van der Waals surface area contributed by atoms with E-state index in [1.54, 1.807) is 4.90 Å². The highest BCUT2D eigenvalue weighted by molar-refractivity contribution is 5.84. The zero-order valence-electron chi connectivity index (χ0n) is 11.4. The van der Waals surface area contributed by atoms with Crippen molar-refractivity contribution in [3.05, 3.63) is 0 Å². The smallest absolute Gasteiger partial charge is 0.410 e. The SMILES string of the molecule is C#CCC(=O)[C@H]1CCCN(C(=O)OC(C)(C)C)C1. The van der Waals surface area contributed by atoms with Gasteiger partial charge in [0.1, 0.15) is 11.4 Å². The van der Waals surface area contributed by atoms with Crippen LogP contribution < -0.4 is 0 Å². The predicted molar refractivity (Wildman–Crippen MR) is 69.0 cm³/mol. The molecule has 0 bridgehead atoms. The Morgan fingerprint density at radius 2 is 2.11 bits per heavy atom. The molecular formula is C14H21NO3. The number of carbonyl (C=O) groups is 2. The van der Waals surface area contributed by atoms with Gasteiger partial charge in [-0.3, -0.25) is 4.79 Å². The molecule has 0 N–H and O–H groups in total. The third kappa shape index (κ3) is 4.40. The lowest BCUT2D eigenvalue weighted by Gasteiger charge is -2.33. The summed E-state index contributed by atoms with van der Waals surface area (Å²) >= 11 is 0. The maximum absolute atomic E-state index is 11.9. The van der Waals surface area contributed by atoms with Crippen LogP contribution in [0.1, 0.15) is 40.0 Å². The minimum atomic E-state index is -0.507. The van der Waals surface area contributed by atoms with Crippen molar-refractivity contribution in [2.45, 2.75) is 45.6 Å². The van der Waals surface area contributed by atoms with Gasteiger partial charge in [0.05, 0.1) is 6.42 Å². The van der Waals surface area contributed by atoms with Crippen molar-refractivity contribution in [3.63, 3.8) is 0 Å². The van der Waals surface area contributed by atoms with Gasteiger partial charge in [0.25, 0.3) is 0 Å². The molecule has 0 radical (unpaired) electrons. The molecule has 0 unspecified atom stereocenters. The van der Waals surface area contributed by atoms with Gasteiger partial charge in [0.2, 0.25) is 0 Å². The number of hydrogen-bond donors (Lipinski definition) is 0. The van der Waals surface area contributed by atoms with E-state index in [1.165, 1.54) is 0 Å². The first-order chi connectivity index (χ1) is 8.33. The average molecular weight is 251 g/mol. The fourth-order valence-corrected chi connectivity index (χ4v) is 1.98. The number of Topliss-reactive ketones (excluding diaryl/α,β-unsaturated/α-hetero) is 1. The van der Waals surface area contributed by atoms with Crippen molar-refractivity contribution in [1.29, 1.82) is 0 Å². The van der Waals surface area contributed by atoms with Gasteiger partial charge in [-0.05, 0) is 33.6 Å². The lowest BCUT2D eigenvalue weighted by molar-refractivity contribution is -0.123. The molecular weight excluding hydrogens is 230 g/mol. The van der Waals surface area contributed by atoms with Crippen LogP contribution in [0.15, 0.2) is 0 Å². The molecule has 1 amide bonds. The van der Waals surface area contributed by atoms with E-state index in [2.05, 4.69) is 5.92 Å². The van der Waals surface area contributed by atoms with Crippen LogP contribution in [0.5, 0.6) is 0 Å². The van der Waals surface area contributed by atoms with Crippen molar-refractivity contribution in [2.24, 2.45) is 5.92 Å². The number of terminal acetylenes is 1. The number of ketones is 1. The maximum atomic E-state index is 11.9. The number of amides is 1. The summed E-state index contributed by atoms with van der Waals surface area (Å²) in [5.74, 6) is 2.27. The summed E-state index contributed by atoms with van der Waals surface area (Å²) in [6.07, 6.45) is 6.56. The van der Waals surface area contributed by atoms with Gasteiger partial charge in [0.15, 0.2) is 0 Å². The van der Waals surface area contributed by atoms with Crippen LogP contribution in [0.3, 0.4) is 0 Å². The van der Waals surface area contributed by atoms with Gasteiger partial charge in [-0.2, -0.15) is 0 Å². The molecule has 1 saturated heterocycles. The van der Waals surface area contributed by atoms with Crippen molar-refractivity contribution in [1.82, 2.24) is 4.90 Å². The Morgan fingerprint density at radius 1 is 1.44 bits per heavy atom. The summed E-state index contributed by atoms with van der Waals surface area (Å²) < 4.78 is 5.30. The van der Waals surface area contributed by atoms with Crippen LogP contribution in [-0.2, 0) is 9.53 Å². The Morgan fingerprint density at radius 3 is 2.67 bits per heavy atom. The van der Waals surface area contributed by atoms with Crippen LogP contribution in [-0.4, -0.2) is 35.5 Å². The van der Waals surface area contributed by atoms with E-state index < -0.39 is 5.60 Å². The fourth-order valence-electron chi connectivity index (χ4n) is 1.98. The molecule has 0 spiro atoms. The first kappa shape index (κ1) is 14.6. The average Bonchev–Trinajstić information content (AvgIpc) is 2.27. The molecule has 4 heteroatoms. The Balaban J connectivity index is 2.56. The van der Waals surface area contributed by atoms with Crippen molar-refractivity contribution >= 4 is 11.9 Å². The lowest BCUT2D eigenvalue weighted by atomic mass is 9.92. The second kappa shape index (κ2) is 5.90. The van der Waals surface area contributed by atoms with Crippen molar-refractivity contribution < 1.29 is 14.3 Å². The van der Waals surface area contributed by atoms with Gasteiger partial charge >= 0.3 is 6.09 Å². The third-order valence-corrected chi connectivity index (χ3v) is 2.80. The van der Waals surface area contributed by atoms with E-state index in [0.717, 1.165) is 12.8 Å². The predicted octanol–water partition coefficient (Wildman–Crippen LogP) is 2.23. The monoisotopic (exact) mass is 251 g/mol. The molecule has 4 nitrogen and oxygen atoms in total. The zero-order valence-corrected chi connectivity index (χ0v) is 11.4. The zero-order chi connectivity index (χ0) is 13.8. The largest absolute Gasteiger partial charge is 0.444 e. The highest BCUT2D eigenvalue weighted by atomic mass is 16.6. The quantitative estimate of drug-likeness (QED) is 0.707. The minimum Gasteiger partial charge on any atom is -0.444 e.